The van der Waals surface area contributed by atoms with E-state index in [0.29, 0.717) is 23.1 Å². The van der Waals surface area contributed by atoms with E-state index in [4.69, 9.17) is 4.74 Å². The predicted octanol–water partition coefficient (Wildman–Crippen LogP) is 6.63. The summed E-state index contributed by atoms with van der Waals surface area (Å²) in [5.74, 6) is -0.728. The number of halogens is 6. The lowest BCUT2D eigenvalue weighted by Gasteiger charge is -2.14. The highest BCUT2D eigenvalue weighted by Gasteiger charge is 2.37. The maximum atomic E-state index is 13.3. The number of carbonyl (C=O) groups excluding carboxylic acids is 1. The number of aromatic nitrogens is 2. The molecule has 0 atom stereocenters. The second-order valence-electron chi connectivity index (χ2n) is 7.87. The summed E-state index contributed by atoms with van der Waals surface area (Å²) in [6.45, 7) is -0.384. The highest BCUT2D eigenvalue weighted by atomic mass is 19.4. The smallest absolute Gasteiger partial charge is 0.416 e. The number of pyridine rings is 1. The molecule has 2 heterocycles. The highest BCUT2D eigenvalue weighted by Crippen LogP contribution is 2.36. The zero-order valence-corrected chi connectivity index (χ0v) is 18.6. The largest absolute Gasteiger partial charge is 0.422 e. The Kier molecular flexibility index (Phi) is 6.76. The molecular weight excluding hydrogens is 500 g/mol. The molecule has 0 unspecified atom stereocenters. The third-order valence-electron chi connectivity index (χ3n) is 5.26. The van der Waals surface area contributed by atoms with Crippen LogP contribution < -0.4 is 4.74 Å². The molecule has 188 valence electrons. The monoisotopic (exact) mass is 515 g/mol. The summed E-state index contributed by atoms with van der Waals surface area (Å²) >= 11 is 0. The van der Waals surface area contributed by atoms with E-state index >= 15 is 0 Å². The fraction of sp³-hybridized carbons (Fsp3) is 0.115. The lowest BCUT2D eigenvalue weighted by molar-refractivity contribution is -0.143. The molecule has 0 amide bonds. The van der Waals surface area contributed by atoms with Crippen molar-refractivity contribution in [1.82, 2.24) is 9.55 Å². The molecule has 0 aliphatic carbocycles. The molecule has 4 aromatic rings. The number of hydrogen-bond donors (Lipinski definition) is 0. The summed E-state index contributed by atoms with van der Waals surface area (Å²) in [5.41, 5.74) is -2.97. The number of para-hydroxylation sites is 1. The number of fused-ring (bicyclic) bond motifs is 1. The third kappa shape index (κ3) is 5.81. The van der Waals surface area contributed by atoms with Gasteiger partial charge in [0.05, 0.1) is 11.1 Å². The molecule has 0 N–H and O–H groups in total. The molecule has 2 aromatic carbocycles. The van der Waals surface area contributed by atoms with Crippen LogP contribution in [0.2, 0.25) is 0 Å². The Morgan fingerprint density at radius 1 is 0.973 bits per heavy atom. The van der Waals surface area contributed by atoms with Crippen LogP contribution in [0, 0.1) is 11.3 Å². The SMILES string of the molecule is N#C/C(=C\c1cn(Cc2cc(C(F)(F)F)cc(C(F)(F)F)c2)c2ncccc12)C(=O)Oc1ccccc1. The number of nitrogens with zero attached hydrogens (tertiary/aromatic N) is 3. The van der Waals surface area contributed by atoms with Crippen LogP contribution in [0.15, 0.2) is 78.6 Å². The Morgan fingerprint density at radius 3 is 2.22 bits per heavy atom. The van der Waals surface area contributed by atoms with Gasteiger partial charge >= 0.3 is 18.3 Å². The van der Waals surface area contributed by atoms with E-state index in [-0.39, 0.29) is 35.1 Å². The number of rotatable bonds is 5. The standard InChI is InChI=1S/C26H15F6N3O2/c27-25(28,29)19-9-16(10-20(12-19)26(30,31)32)14-35-15-18(22-7-4-8-34-23(22)35)11-17(13-33)24(36)37-21-5-2-1-3-6-21/h1-12,15H,14H2/b17-11+. The fourth-order valence-electron chi connectivity index (χ4n) is 3.64. The minimum Gasteiger partial charge on any atom is -0.422 e. The summed E-state index contributed by atoms with van der Waals surface area (Å²) in [7, 11) is 0. The normalized spacial score (nSPS) is 12.4. The van der Waals surface area contributed by atoms with Crippen molar-refractivity contribution < 1.29 is 35.9 Å². The summed E-state index contributed by atoms with van der Waals surface area (Å²) < 4.78 is 86.2. The molecule has 4 rings (SSSR count). The minimum absolute atomic E-state index is 0.0568. The molecule has 11 heteroatoms. The Labute approximate surface area is 205 Å². The fourth-order valence-corrected chi connectivity index (χ4v) is 3.64. The first-order valence-corrected chi connectivity index (χ1v) is 10.6. The van der Waals surface area contributed by atoms with Crippen LogP contribution in [0.1, 0.15) is 22.3 Å². The average Bonchev–Trinajstić information content (AvgIpc) is 3.19. The summed E-state index contributed by atoms with van der Waals surface area (Å²) in [4.78, 5) is 16.7. The molecule has 0 saturated heterocycles. The number of nitriles is 1. The van der Waals surface area contributed by atoms with Gasteiger partial charge in [-0.1, -0.05) is 18.2 Å². The number of carbonyl (C=O) groups is 1. The third-order valence-corrected chi connectivity index (χ3v) is 5.26. The Morgan fingerprint density at radius 2 is 1.62 bits per heavy atom. The van der Waals surface area contributed by atoms with Crippen molar-refractivity contribution in [3.8, 4) is 11.8 Å². The number of hydrogen-bond acceptors (Lipinski definition) is 4. The van der Waals surface area contributed by atoms with Crippen LogP contribution >= 0.6 is 0 Å². The molecule has 2 aromatic heterocycles. The van der Waals surface area contributed by atoms with Gasteiger partial charge in [0, 0.05) is 29.9 Å². The van der Waals surface area contributed by atoms with E-state index in [1.54, 1.807) is 36.4 Å². The number of esters is 1. The van der Waals surface area contributed by atoms with Gasteiger partial charge in [-0.3, -0.25) is 0 Å². The second-order valence-corrected chi connectivity index (χ2v) is 7.87. The van der Waals surface area contributed by atoms with Gasteiger partial charge in [0.2, 0.25) is 0 Å². The molecule has 0 bridgehead atoms. The van der Waals surface area contributed by atoms with Crippen LogP contribution in [0.3, 0.4) is 0 Å². The first kappa shape index (κ1) is 25.5. The van der Waals surface area contributed by atoms with E-state index < -0.39 is 29.4 Å². The van der Waals surface area contributed by atoms with Crippen molar-refractivity contribution in [2.45, 2.75) is 18.9 Å². The van der Waals surface area contributed by atoms with Gasteiger partial charge in [0.15, 0.2) is 0 Å². The maximum Gasteiger partial charge on any atom is 0.416 e. The van der Waals surface area contributed by atoms with Gasteiger partial charge in [-0.2, -0.15) is 31.6 Å². The second kappa shape index (κ2) is 9.81. The Bertz CT molecular complexity index is 1500. The summed E-state index contributed by atoms with van der Waals surface area (Å²) in [6.07, 6.45) is -5.96. The van der Waals surface area contributed by atoms with Crippen LogP contribution in [0.4, 0.5) is 26.3 Å². The first-order chi connectivity index (χ1) is 17.5. The summed E-state index contributed by atoms with van der Waals surface area (Å²) in [6, 6.07) is 14.3. The maximum absolute atomic E-state index is 13.3. The molecule has 0 spiro atoms. The van der Waals surface area contributed by atoms with Crippen LogP contribution in [-0.4, -0.2) is 15.5 Å². The zero-order valence-electron chi connectivity index (χ0n) is 18.6. The zero-order chi connectivity index (χ0) is 26.8. The van der Waals surface area contributed by atoms with Crippen molar-refractivity contribution in [1.29, 1.82) is 5.26 Å². The summed E-state index contributed by atoms with van der Waals surface area (Å²) in [5, 5.41) is 9.93. The minimum atomic E-state index is -4.98. The van der Waals surface area contributed by atoms with Crippen molar-refractivity contribution in [2.24, 2.45) is 0 Å². The van der Waals surface area contributed by atoms with Gasteiger partial charge in [-0.25, -0.2) is 9.78 Å². The topological polar surface area (TPSA) is 67.9 Å². The van der Waals surface area contributed by atoms with E-state index in [1.165, 1.54) is 35.2 Å². The average molecular weight is 515 g/mol. The highest BCUT2D eigenvalue weighted by molar-refractivity contribution is 6.01. The van der Waals surface area contributed by atoms with E-state index in [0.717, 1.165) is 0 Å². The Balaban J connectivity index is 1.74. The quantitative estimate of drug-likeness (QED) is 0.0983. The molecule has 0 fully saturated rings. The van der Waals surface area contributed by atoms with Gasteiger partial charge in [-0.05, 0) is 54.1 Å². The number of alkyl halides is 6. The number of ether oxygens (including phenoxy) is 1. The predicted molar refractivity (Wildman–Crippen MR) is 121 cm³/mol. The molecule has 5 nitrogen and oxygen atoms in total. The van der Waals surface area contributed by atoms with E-state index in [2.05, 4.69) is 4.98 Å². The van der Waals surface area contributed by atoms with Crippen molar-refractivity contribution in [2.75, 3.05) is 0 Å². The molecule has 0 aliphatic rings. The molecular formula is C26H15F6N3O2. The first-order valence-electron chi connectivity index (χ1n) is 10.6. The van der Waals surface area contributed by atoms with Gasteiger partial charge in [0.25, 0.3) is 0 Å². The van der Waals surface area contributed by atoms with Gasteiger partial charge < -0.3 is 9.30 Å². The lowest BCUT2D eigenvalue weighted by atomic mass is 10.0. The van der Waals surface area contributed by atoms with Crippen LogP contribution in [0.5, 0.6) is 5.75 Å². The van der Waals surface area contributed by atoms with Crippen molar-refractivity contribution >= 4 is 23.1 Å². The van der Waals surface area contributed by atoms with Gasteiger partial charge in [-0.15, -0.1) is 0 Å². The van der Waals surface area contributed by atoms with Crippen LogP contribution in [-0.2, 0) is 23.7 Å². The molecule has 0 aliphatic heterocycles. The van der Waals surface area contributed by atoms with Crippen molar-refractivity contribution in [3.05, 3.63) is 101 Å². The molecule has 37 heavy (non-hydrogen) atoms. The Hall–Kier alpha value is -4.59. The van der Waals surface area contributed by atoms with Gasteiger partial charge in [0.1, 0.15) is 23.0 Å². The van der Waals surface area contributed by atoms with E-state index in [1.807, 2.05) is 0 Å². The lowest BCUT2D eigenvalue weighted by Crippen LogP contribution is -2.12. The molecule has 0 saturated carbocycles. The van der Waals surface area contributed by atoms with Crippen LogP contribution in [0.25, 0.3) is 17.1 Å². The van der Waals surface area contributed by atoms with E-state index in [9.17, 15) is 36.4 Å². The number of benzene rings is 2. The molecule has 0 radical (unpaired) electrons. The van der Waals surface area contributed by atoms with Crippen molar-refractivity contribution in [3.63, 3.8) is 0 Å².